The van der Waals surface area contributed by atoms with Crippen molar-refractivity contribution in [2.24, 2.45) is 5.73 Å². The van der Waals surface area contributed by atoms with Gasteiger partial charge in [-0.1, -0.05) is 12.1 Å². The van der Waals surface area contributed by atoms with E-state index >= 15 is 0 Å². The van der Waals surface area contributed by atoms with Gasteiger partial charge in [-0.15, -0.1) is 0 Å². The summed E-state index contributed by atoms with van der Waals surface area (Å²) in [6.07, 6.45) is -0.280. The van der Waals surface area contributed by atoms with Gasteiger partial charge in [-0.3, -0.25) is 0 Å². The van der Waals surface area contributed by atoms with Gasteiger partial charge in [0.1, 0.15) is 11.6 Å². The molecule has 0 saturated carbocycles. The van der Waals surface area contributed by atoms with E-state index < -0.39 is 29.3 Å². The van der Waals surface area contributed by atoms with Gasteiger partial charge in [0.05, 0.1) is 4.47 Å². The third-order valence-corrected chi connectivity index (χ3v) is 3.56. The Hall–Kier alpha value is -1.40. The van der Waals surface area contributed by atoms with Crippen LogP contribution in [0.2, 0.25) is 0 Å². The zero-order valence-corrected chi connectivity index (χ0v) is 11.7. The van der Waals surface area contributed by atoms with Gasteiger partial charge in [0, 0.05) is 17.2 Å². The highest BCUT2D eigenvalue weighted by Gasteiger charge is 2.20. The molecule has 0 heterocycles. The van der Waals surface area contributed by atoms with Crippen molar-refractivity contribution in [3.05, 3.63) is 69.2 Å². The van der Waals surface area contributed by atoms with Crippen LogP contribution < -0.4 is 5.73 Å². The van der Waals surface area contributed by atoms with Crippen LogP contribution in [0.4, 0.5) is 17.6 Å². The second kappa shape index (κ2) is 5.93. The largest absolute Gasteiger partial charge is 0.324 e. The first-order valence-corrected chi connectivity index (χ1v) is 6.53. The van der Waals surface area contributed by atoms with Crippen LogP contribution in [0.25, 0.3) is 0 Å². The maximum absolute atomic E-state index is 13.8. The fourth-order valence-corrected chi connectivity index (χ4v) is 2.26. The van der Waals surface area contributed by atoms with E-state index in [-0.39, 0.29) is 22.0 Å². The minimum atomic E-state index is -1.10. The molecule has 0 aliphatic heterocycles. The Morgan fingerprint density at radius 1 is 0.950 bits per heavy atom. The molecule has 0 saturated heterocycles. The quantitative estimate of drug-likeness (QED) is 0.651. The lowest BCUT2D eigenvalue weighted by Gasteiger charge is -2.15. The number of rotatable bonds is 3. The Morgan fingerprint density at radius 2 is 1.65 bits per heavy atom. The van der Waals surface area contributed by atoms with Crippen molar-refractivity contribution in [2.75, 3.05) is 0 Å². The molecule has 0 amide bonds. The van der Waals surface area contributed by atoms with Crippen LogP contribution in [0.15, 0.2) is 34.8 Å². The number of hydrogen-bond acceptors (Lipinski definition) is 1. The summed E-state index contributed by atoms with van der Waals surface area (Å²) in [6.45, 7) is 0. The normalized spacial score (nSPS) is 12.5. The Labute approximate surface area is 121 Å². The molecular weight excluding hydrogens is 338 g/mol. The van der Waals surface area contributed by atoms with Crippen molar-refractivity contribution in [3.63, 3.8) is 0 Å². The molecule has 106 valence electrons. The van der Waals surface area contributed by atoms with Crippen LogP contribution in [-0.4, -0.2) is 0 Å². The molecule has 2 aromatic carbocycles. The van der Waals surface area contributed by atoms with E-state index in [2.05, 4.69) is 15.9 Å². The zero-order chi connectivity index (χ0) is 14.9. The Balaban J connectivity index is 2.35. The van der Waals surface area contributed by atoms with E-state index in [4.69, 9.17) is 5.73 Å². The van der Waals surface area contributed by atoms with Crippen LogP contribution in [-0.2, 0) is 6.42 Å². The topological polar surface area (TPSA) is 26.0 Å². The monoisotopic (exact) mass is 347 g/mol. The summed E-state index contributed by atoms with van der Waals surface area (Å²) in [6, 6.07) is 4.78. The smallest absolute Gasteiger partial charge is 0.163 e. The van der Waals surface area contributed by atoms with Crippen molar-refractivity contribution in [1.29, 1.82) is 0 Å². The fraction of sp³-hybridized carbons (Fsp3) is 0.143. The van der Waals surface area contributed by atoms with Crippen LogP contribution >= 0.6 is 15.9 Å². The highest BCUT2D eigenvalue weighted by Crippen LogP contribution is 2.27. The number of hydrogen-bond donors (Lipinski definition) is 1. The molecule has 6 heteroatoms. The van der Waals surface area contributed by atoms with Gasteiger partial charge in [0.2, 0.25) is 0 Å². The van der Waals surface area contributed by atoms with Crippen molar-refractivity contribution in [1.82, 2.24) is 0 Å². The van der Waals surface area contributed by atoms with Crippen LogP contribution in [0.1, 0.15) is 17.2 Å². The summed E-state index contributed by atoms with van der Waals surface area (Å²) < 4.78 is 54.2. The lowest BCUT2D eigenvalue weighted by molar-refractivity contribution is 0.482. The molecule has 0 bridgehead atoms. The lowest BCUT2D eigenvalue weighted by Crippen LogP contribution is -2.17. The lowest BCUT2D eigenvalue weighted by atomic mass is 9.98. The molecule has 0 aromatic heterocycles. The first kappa shape index (κ1) is 15.0. The molecule has 0 spiro atoms. The molecule has 1 unspecified atom stereocenters. The molecular formula is C14H10BrF4N. The Kier molecular flexibility index (Phi) is 4.45. The van der Waals surface area contributed by atoms with E-state index in [0.717, 1.165) is 12.1 Å². The number of benzene rings is 2. The molecule has 1 nitrogen and oxygen atoms in total. The second-order valence-corrected chi connectivity index (χ2v) is 5.13. The molecule has 2 N–H and O–H groups in total. The molecule has 2 aromatic rings. The molecule has 0 fully saturated rings. The highest BCUT2D eigenvalue weighted by atomic mass is 79.9. The summed E-state index contributed by atoms with van der Waals surface area (Å²) in [5.41, 5.74) is 5.34. The number of halogens is 5. The third kappa shape index (κ3) is 2.86. The number of nitrogens with two attached hydrogens (primary N) is 1. The standard InChI is InChI=1S/C14H10BrF4N/c15-9-4-5-10(16)8(13(9)18)6-12(20)7-2-1-3-11(17)14(7)19/h1-5,12H,6,20H2. The average molecular weight is 348 g/mol. The summed E-state index contributed by atoms with van der Waals surface area (Å²) >= 11 is 2.94. The van der Waals surface area contributed by atoms with Crippen LogP contribution in [0, 0.1) is 23.3 Å². The van der Waals surface area contributed by atoms with E-state index in [1.165, 1.54) is 18.2 Å². The molecule has 0 aliphatic rings. The molecule has 2 rings (SSSR count). The first-order valence-electron chi connectivity index (χ1n) is 5.73. The van der Waals surface area contributed by atoms with Gasteiger partial charge in [0.15, 0.2) is 11.6 Å². The Bertz CT molecular complexity index is 645. The SMILES string of the molecule is NC(Cc1c(F)ccc(Br)c1F)c1cccc(F)c1F. The first-order chi connectivity index (χ1) is 9.41. The summed E-state index contributed by atoms with van der Waals surface area (Å²) in [5, 5.41) is 0. The molecule has 0 radical (unpaired) electrons. The predicted octanol–water partition coefficient (Wildman–Crippen LogP) is 4.25. The molecule has 20 heavy (non-hydrogen) atoms. The van der Waals surface area contributed by atoms with Crippen molar-refractivity contribution < 1.29 is 17.6 Å². The fourth-order valence-electron chi connectivity index (χ4n) is 1.89. The predicted molar refractivity (Wildman–Crippen MR) is 71.0 cm³/mol. The zero-order valence-electron chi connectivity index (χ0n) is 10.1. The highest BCUT2D eigenvalue weighted by molar-refractivity contribution is 9.10. The van der Waals surface area contributed by atoms with Gasteiger partial charge < -0.3 is 5.73 Å². The van der Waals surface area contributed by atoms with Crippen molar-refractivity contribution in [2.45, 2.75) is 12.5 Å². The summed E-state index contributed by atoms with van der Waals surface area (Å²) in [7, 11) is 0. The van der Waals surface area contributed by atoms with Gasteiger partial charge >= 0.3 is 0 Å². The van der Waals surface area contributed by atoms with E-state index in [1.54, 1.807) is 0 Å². The average Bonchev–Trinajstić information content (AvgIpc) is 2.42. The van der Waals surface area contributed by atoms with Crippen LogP contribution in [0.5, 0.6) is 0 Å². The van der Waals surface area contributed by atoms with Crippen molar-refractivity contribution >= 4 is 15.9 Å². The van der Waals surface area contributed by atoms with Gasteiger partial charge in [0.25, 0.3) is 0 Å². The summed E-state index contributed by atoms with van der Waals surface area (Å²) in [5.74, 6) is -3.72. The Morgan fingerprint density at radius 3 is 2.35 bits per heavy atom. The molecule has 1 atom stereocenters. The van der Waals surface area contributed by atoms with Crippen molar-refractivity contribution in [3.8, 4) is 0 Å². The van der Waals surface area contributed by atoms with E-state index in [1.807, 2.05) is 0 Å². The minimum Gasteiger partial charge on any atom is -0.324 e. The van der Waals surface area contributed by atoms with E-state index in [0.29, 0.717) is 0 Å². The maximum atomic E-state index is 13.8. The van der Waals surface area contributed by atoms with Gasteiger partial charge in [-0.25, -0.2) is 17.6 Å². The summed E-state index contributed by atoms with van der Waals surface area (Å²) in [4.78, 5) is 0. The maximum Gasteiger partial charge on any atom is 0.163 e. The van der Waals surface area contributed by atoms with Gasteiger partial charge in [-0.05, 0) is 40.5 Å². The molecule has 0 aliphatic carbocycles. The minimum absolute atomic E-state index is 0.0841. The van der Waals surface area contributed by atoms with Crippen LogP contribution in [0.3, 0.4) is 0 Å². The third-order valence-electron chi connectivity index (χ3n) is 2.94. The van der Waals surface area contributed by atoms with E-state index in [9.17, 15) is 17.6 Å². The van der Waals surface area contributed by atoms with Gasteiger partial charge in [-0.2, -0.15) is 0 Å². The second-order valence-electron chi connectivity index (χ2n) is 4.28.